The SMILES string of the molecule is CC(C)(C)OC(=O)OCO/N=[N+](\[O-])N1CCC1. The molecule has 1 fully saturated rings. The van der Waals surface area contributed by atoms with Crippen LogP contribution in [0.1, 0.15) is 27.2 Å². The van der Waals surface area contributed by atoms with Crippen LogP contribution in [-0.2, 0) is 14.3 Å². The van der Waals surface area contributed by atoms with Crippen LogP contribution in [0.2, 0.25) is 0 Å². The topological polar surface area (TPSA) is 86.4 Å². The van der Waals surface area contributed by atoms with Crippen molar-refractivity contribution in [3.05, 3.63) is 5.21 Å². The minimum absolute atomic E-state index is 0.335. The second-order valence-corrected chi connectivity index (χ2v) is 4.50. The van der Waals surface area contributed by atoms with Gasteiger partial charge in [-0.3, -0.25) is 0 Å². The van der Waals surface area contributed by atoms with Gasteiger partial charge in [-0.15, -0.1) is 5.01 Å². The molecule has 8 heteroatoms. The molecule has 0 atom stereocenters. The van der Waals surface area contributed by atoms with Crippen LogP contribution in [-0.4, -0.2) is 41.6 Å². The quantitative estimate of drug-likeness (QED) is 0.186. The lowest BCUT2D eigenvalue weighted by Gasteiger charge is -2.24. The standard InChI is InChI=1S/C9H17N3O5/c1-9(2,3)17-8(13)15-7-16-10-12(14)11-5-4-6-11/h4-7H2,1-3H3/b12-10-. The summed E-state index contributed by atoms with van der Waals surface area (Å²) >= 11 is 0. The largest absolute Gasteiger partial charge is 0.569 e. The summed E-state index contributed by atoms with van der Waals surface area (Å²) in [5, 5.41) is 15.7. The van der Waals surface area contributed by atoms with Crippen molar-refractivity contribution in [3.8, 4) is 0 Å². The molecule has 8 nitrogen and oxygen atoms in total. The van der Waals surface area contributed by atoms with Gasteiger partial charge in [0.1, 0.15) is 5.60 Å². The van der Waals surface area contributed by atoms with E-state index in [-0.39, 0.29) is 0 Å². The van der Waals surface area contributed by atoms with Gasteiger partial charge >= 0.3 is 6.16 Å². The molecule has 1 rings (SSSR count). The van der Waals surface area contributed by atoms with Crippen LogP contribution in [0.3, 0.4) is 0 Å². The lowest BCUT2D eigenvalue weighted by molar-refractivity contribution is -0.723. The average Bonchev–Trinajstić information content (AvgIpc) is 2.06. The first-order chi connectivity index (χ1) is 7.88. The molecule has 1 saturated heterocycles. The van der Waals surface area contributed by atoms with Crippen molar-refractivity contribution >= 4 is 6.16 Å². The molecule has 0 bridgehead atoms. The highest BCUT2D eigenvalue weighted by Crippen LogP contribution is 2.08. The molecule has 0 aliphatic carbocycles. The van der Waals surface area contributed by atoms with Crippen molar-refractivity contribution in [3.63, 3.8) is 0 Å². The summed E-state index contributed by atoms with van der Waals surface area (Å²) in [4.78, 5) is 15.9. The molecule has 17 heavy (non-hydrogen) atoms. The molecule has 0 aromatic heterocycles. The molecule has 1 aliphatic rings. The molecule has 0 saturated carbocycles. The maximum absolute atomic E-state index is 11.1. The number of carbonyl (C=O) groups excluding carboxylic acids is 1. The number of rotatable bonds is 4. The van der Waals surface area contributed by atoms with E-state index in [0.29, 0.717) is 18.1 Å². The van der Waals surface area contributed by atoms with Crippen LogP contribution < -0.4 is 0 Å². The van der Waals surface area contributed by atoms with Crippen molar-refractivity contribution < 1.29 is 24.1 Å². The fourth-order valence-electron chi connectivity index (χ4n) is 0.949. The summed E-state index contributed by atoms with van der Waals surface area (Å²) < 4.78 is 9.38. The summed E-state index contributed by atoms with van der Waals surface area (Å²) in [5.41, 5.74) is -0.629. The van der Waals surface area contributed by atoms with Gasteiger partial charge in [0.25, 0.3) is 6.79 Å². The van der Waals surface area contributed by atoms with Gasteiger partial charge < -0.3 is 19.5 Å². The van der Waals surface area contributed by atoms with Crippen LogP contribution >= 0.6 is 0 Å². The first-order valence-corrected chi connectivity index (χ1v) is 5.29. The predicted octanol–water partition coefficient (Wildman–Crippen LogP) is 1.41. The average molecular weight is 247 g/mol. The van der Waals surface area contributed by atoms with Crippen LogP contribution in [0.4, 0.5) is 4.79 Å². The van der Waals surface area contributed by atoms with E-state index in [2.05, 4.69) is 14.9 Å². The highest BCUT2D eigenvalue weighted by molar-refractivity contribution is 5.60. The fraction of sp³-hybridized carbons (Fsp3) is 0.889. The number of carbonyl (C=O) groups is 1. The molecule has 1 heterocycles. The smallest absolute Gasteiger partial charge is 0.511 e. The minimum atomic E-state index is -0.867. The molecule has 0 radical (unpaired) electrons. The number of nitrogens with zero attached hydrogens (tertiary/aromatic N) is 3. The van der Waals surface area contributed by atoms with Gasteiger partial charge in [-0.25, -0.2) is 4.79 Å². The monoisotopic (exact) mass is 247 g/mol. The molecule has 0 unspecified atom stereocenters. The molecular formula is C9H17N3O5. The van der Waals surface area contributed by atoms with E-state index in [4.69, 9.17) is 4.74 Å². The van der Waals surface area contributed by atoms with E-state index in [1.165, 1.54) is 5.01 Å². The lowest BCUT2D eigenvalue weighted by Crippen LogP contribution is -2.42. The summed E-state index contributed by atoms with van der Waals surface area (Å²) in [6.45, 7) is 5.99. The second-order valence-electron chi connectivity index (χ2n) is 4.50. The lowest BCUT2D eigenvalue weighted by atomic mass is 10.2. The molecule has 1 aliphatic heterocycles. The molecule has 0 amide bonds. The van der Waals surface area contributed by atoms with E-state index < -0.39 is 18.5 Å². The number of hydrazine groups is 1. The zero-order valence-corrected chi connectivity index (χ0v) is 10.2. The zero-order chi connectivity index (χ0) is 12.9. The normalized spacial score (nSPS) is 16.2. The van der Waals surface area contributed by atoms with Crippen LogP contribution in [0.15, 0.2) is 5.28 Å². The molecule has 0 N–H and O–H groups in total. The molecule has 98 valence electrons. The van der Waals surface area contributed by atoms with E-state index in [1.54, 1.807) is 20.8 Å². The summed E-state index contributed by atoms with van der Waals surface area (Å²) in [5.74, 6) is 0. The number of ether oxygens (including phenoxy) is 2. The van der Waals surface area contributed by atoms with Gasteiger partial charge in [0.2, 0.25) is 5.28 Å². The number of hydrogen-bond donors (Lipinski definition) is 0. The Morgan fingerprint density at radius 2 is 2.12 bits per heavy atom. The zero-order valence-electron chi connectivity index (χ0n) is 10.2. The Morgan fingerprint density at radius 1 is 1.47 bits per heavy atom. The van der Waals surface area contributed by atoms with E-state index >= 15 is 0 Å². The van der Waals surface area contributed by atoms with Gasteiger partial charge in [0.15, 0.2) is 0 Å². The Hall–Kier alpha value is -1.73. The summed E-state index contributed by atoms with van der Waals surface area (Å²) in [6, 6.07) is 0. The fourth-order valence-corrected chi connectivity index (χ4v) is 0.949. The van der Waals surface area contributed by atoms with E-state index in [9.17, 15) is 10.0 Å². The minimum Gasteiger partial charge on any atom is -0.569 e. The maximum Gasteiger partial charge on any atom is 0.511 e. The summed E-state index contributed by atoms with van der Waals surface area (Å²) in [7, 11) is 0. The predicted molar refractivity (Wildman–Crippen MR) is 55.5 cm³/mol. The molecule has 0 aromatic rings. The third-order valence-electron chi connectivity index (χ3n) is 1.82. The van der Waals surface area contributed by atoms with Gasteiger partial charge in [0, 0.05) is 0 Å². The Kier molecular flexibility index (Phi) is 4.36. The highest BCUT2D eigenvalue weighted by atomic mass is 16.8. The van der Waals surface area contributed by atoms with Crippen molar-refractivity contribution in [2.24, 2.45) is 5.28 Å². The van der Waals surface area contributed by atoms with Crippen molar-refractivity contribution in [2.75, 3.05) is 19.9 Å². The Bertz CT molecular complexity index is 295. The Labute approximate surface area is 99.2 Å². The van der Waals surface area contributed by atoms with Crippen LogP contribution in [0, 0.1) is 5.21 Å². The van der Waals surface area contributed by atoms with E-state index in [0.717, 1.165) is 6.42 Å². The maximum atomic E-state index is 11.1. The third kappa shape index (κ3) is 5.23. The van der Waals surface area contributed by atoms with Crippen LogP contribution in [0.5, 0.6) is 0 Å². The summed E-state index contributed by atoms with van der Waals surface area (Å²) in [6.07, 6.45) is 0.0944. The molecule has 0 spiro atoms. The molecule has 0 aromatic carbocycles. The van der Waals surface area contributed by atoms with Crippen LogP contribution in [0.25, 0.3) is 0 Å². The highest BCUT2D eigenvalue weighted by Gasteiger charge is 2.21. The Morgan fingerprint density at radius 3 is 2.59 bits per heavy atom. The first-order valence-electron chi connectivity index (χ1n) is 5.29. The Balaban J connectivity index is 2.13. The second kappa shape index (κ2) is 5.55. The van der Waals surface area contributed by atoms with Crippen molar-refractivity contribution in [1.29, 1.82) is 0 Å². The molecular weight excluding hydrogens is 230 g/mol. The van der Waals surface area contributed by atoms with Gasteiger partial charge in [0.05, 0.1) is 18.1 Å². The first kappa shape index (κ1) is 13.3. The van der Waals surface area contributed by atoms with Crippen molar-refractivity contribution in [1.82, 2.24) is 5.01 Å². The van der Waals surface area contributed by atoms with Gasteiger partial charge in [-0.2, -0.15) is 0 Å². The number of hydrogen-bond acceptors (Lipinski definition) is 6. The van der Waals surface area contributed by atoms with Gasteiger partial charge in [-0.1, -0.05) is 0 Å². The van der Waals surface area contributed by atoms with Crippen molar-refractivity contribution in [2.45, 2.75) is 32.8 Å². The van der Waals surface area contributed by atoms with E-state index in [1.807, 2.05) is 0 Å². The van der Waals surface area contributed by atoms with Gasteiger partial charge in [-0.05, 0) is 27.2 Å². The third-order valence-corrected chi connectivity index (χ3v) is 1.82.